The summed E-state index contributed by atoms with van der Waals surface area (Å²) in [6, 6.07) is 8.65. The van der Waals surface area contributed by atoms with Crippen LogP contribution in [0.4, 0.5) is 0 Å². The summed E-state index contributed by atoms with van der Waals surface area (Å²) in [6.45, 7) is 2.11. The third-order valence-electron chi connectivity index (χ3n) is 3.69. The van der Waals surface area contributed by atoms with E-state index < -0.39 is 0 Å². The number of benzene rings is 1. The van der Waals surface area contributed by atoms with Crippen molar-refractivity contribution < 1.29 is 0 Å². The van der Waals surface area contributed by atoms with Gasteiger partial charge in [-0.1, -0.05) is 17.7 Å². The fraction of sp³-hybridized carbons (Fsp3) is 0.286. The second-order valence-electron chi connectivity index (χ2n) is 5.06. The molecule has 0 atom stereocenters. The maximum Gasteiger partial charge on any atom is 0.200 e. The van der Waals surface area contributed by atoms with E-state index in [-0.39, 0.29) is 0 Å². The Kier molecular flexibility index (Phi) is 2.15. The van der Waals surface area contributed by atoms with Crippen LogP contribution in [0.2, 0.25) is 0 Å². The molecule has 2 heterocycles. The third kappa shape index (κ3) is 1.62. The van der Waals surface area contributed by atoms with E-state index in [1.54, 1.807) is 0 Å². The lowest BCUT2D eigenvalue weighted by molar-refractivity contribution is 0.731. The minimum absolute atomic E-state index is 0.717. The van der Waals surface area contributed by atoms with Crippen LogP contribution in [0, 0.1) is 6.92 Å². The van der Waals surface area contributed by atoms with Crippen LogP contribution in [0.3, 0.4) is 0 Å². The molecule has 1 aromatic carbocycles. The fourth-order valence-corrected chi connectivity index (χ4v) is 2.75. The largest absolute Gasteiger partial charge is 0.200 e. The molecule has 19 heavy (non-hydrogen) atoms. The van der Waals surface area contributed by atoms with Gasteiger partial charge in [-0.15, -0.1) is 14.8 Å². The lowest BCUT2D eigenvalue weighted by atomic mass is 10.00. The van der Waals surface area contributed by atoms with Crippen molar-refractivity contribution in [1.82, 2.24) is 25.3 Å². The molecule has 0 saturated carbocycles. The number of nitrogens with zero attached hydrogens (tertiary/aromatic N) is 5. The number of tetrazole rings is 1. The van der Waals surface area contributed by atoms with Gasteiger partial charge in [0.05, 0.1) is 5.69 Å². The molecule has 0 radical (unpaired) electrons. The number of rotatable bonds is 0. The van der Waals surface area contributed by atoms with Gasteiger partial charge >= 0.3 is 0 Å². The summed E-state index contributed by atoms with van der Waals surface area (Å²) in [5, 5.41) is 16.1. The molecule has 94 valence electrons. The van der Waals surface area contributed by atoms with E-state index in [9.17, 15) is 0 Å². The van der Waals surface area contributed by atoms with Gasteiger partial charge in [0.2, 0.25) is 0 Å². The summed E-state index contributed by atoms with van der Waals surface area (Å²) < 4.78 is 1.51. The highest BCUT2D eigenvalue weighted by atomic mass is 15.6. The van der Waals surface area contributed by atoms with Crippen molar-refractivity contribution in [2.24, 2.45) is 0 Å². The average molecular weight is 251 g/mol. The molecular weight excluding hydrogens is 238 g/mol. The van der Waals surface area contributed by atoms with Crippen LogP contribution < -0.4 is 0 Å². The van der Waals surface area contributed by atoms with Gasteiger partial charge in [0.25, 0.3) is 0 Å². The molecule has 0 aliphatic heterocycles. The molecule has 0 fully saturated rings. The summed E-state index contributed by atoms with van der Waals surface area (Å²) in [4.78, 5) is 0. The molecule has 5 heteroatoms. The number of hydrogen-bond donors (Lipinski definition) is 0. The second kappa shape index (κ2) is 3.85. The highest BCUT2D eigenvalue weighted by Gasteiger charge is 2.17. The zero-order valence-electron chi connectivity index (χ0n) is 10.7. The van der Waals surface area contributed by atoms with Gasteiger partial charge < -0.3 is 0 Å². The minimum Gasteiger partial charge on any atom is -0.147 e. The highest BCUT2D eigenvalue weighted by molar-refractivity contribution is 5.69. The predicted molar refractivity (Wildman–Crippen MR) is 70.8 cm³/mol. The van der Waals surface area contributed by atoms with Crippen molar-refractivity contribution in [1.29, 1.82) is 0 Å². The maximum absolute atomic E-state index is 4.60. The fourth-order valence-electron chi connectivity index (χ4n) is 2.75. The molecule has 0 unspecified atom stereocenters. The Balaban J connectivity index is 2.06. The Labute approximate surface area is 110 Å². The van der Waals surface area contributed by atoms with Crippen LogP contribution >= 0.6 is 0 Å². The monoisotopic (exact) mass is 251 g/mol. The van der Waals surface area contributed by atoms with E-state index in [0.29, 0.717) is 0 Å². The molecule has 2 aromatic heterocycles. The Morgan fingerprint density at radius 3 is 2.95 bits per heavy atom. The van der Waals surface area contributed by atoms with Crippen molar-refractivity contribution in [3.05, 3.63) is 41.0 Å². The molecule has 3 aromatic rings. The molecule has 0 amide bonds. The van der Waals surface area contributed by atoms with Gasteiger partial charge in [0.1, 0.15) is 0 Å². The van der Waals surface area contributed by atoms with Gasteiger partial charge in [-0.05, 0) is 59.9 Å². The van der Waals surface area contributed by atoms with Gasteiger partial charge in [-0.25, -0.2) is 0 Å². The zero-order valence-corrected chi connectivity index (χ0v) is 10.7. The predicted octanol–water partition coefficient (Wildman–Crippen LogP) is 1.98. The Morgan fingerprint density at radius 1 is 1.11 bits per heavy atom. The quantitative estimate of drug-likeness (QED) is 0.613. The van der Waals surface area contributed by atoms with Crippen molar-refractivity contribution in [3.63, 3.8) is 0 Å². The Morgan fingerprint density at radius 2 is 2.00 bits per heavy atom. The molecule has 0 bridgehead atoms. The first-order valence-corrected chi connectivity index (χ1v) is 6.49. The van der Waals surface area contributed by atoms with Crippen LogP contribution in [-0.4, -0.2) is 25.3 Å². The minimum atomic E-state index is 0.717. The molecule has 0 saturated heterocycles. The summed E-state index contributed by atoms with van der Waals surface area (Å²) in [6.07, 6.45) is 3.27. The number of aromatic nitrogens is 5. The second-order valence-corrected chi connectivity index (χ2v) is 5.06. The lowest BCUT2D eigenvalue weighted by Crippen LogP contribution is -2.01. The first-order valence-electron chi connectivity index (χ1n) is 6.49. The summed E-state index contributed by atoms with van der Waals surface area (Å²) in [5.74, 6) is 0. The highest BCUT2D eigenvalue weighted by Crippen LogP contribution is 2.31. The zero-order chi connectivity index (χ0) is 12.8. The van der Waals surface area contributed by atoms with Gasteiger partial charge in [-0.2, -0.15) is 0 Å². The lowest BCUT2D eigenvalue weighted by Gasteiger charge is -2.08. The molecule has 5 nitrogen and oxygen atoms in total. The van der Waals surface area contributed by atoms with Crippen molar-refractivity contribution >= 4 is 5.65 Å². The SMILES string of the molecule is Cc1ccc2c(c1)-c1nn3nnnc3cc1CCC2. The van der Waals surface area contributed by atoms with Gasteiger partial charge in [-0.3, -0.25) is 0 Å². The third-order valence-corrected chi connectivity index (χ3v) is 3.69. The topological polar surface area (TPSA) is 56.0 Å². The molecule has 4 rings (SSSR count). The van der Waals surface area contributed by atoms with Crippen molar-refractivity contribution in [3.8, 4) is 11.3 Å². The standard InChI is InChI=1S/C14H13N5/c1-9-5-6-10-3-2-4-11-8-13-15-17-18-19(13)16-14(11)12(10)7-9/h5-8H,2-4H2,1H3. The summed E-state index contributed by atoms with van der Waals surface area (Å²) in [7, 11) is 0. The summed E-state index contributed by atoms with van der Waals surface area (Å²) >= 11 is 0. The molecule has 0 N–H and O–H groups in total. The number of aryl methyl sites for hydroxylation is 3. The van der Waals surface area contributed by atoms with E-state index in [4.69, 9.17) is 0 Å². The Bertz CT molecular complexity index is 775. The molecular formula is C14H13N5. The maximum atomic E-state index is 4.60. The molecule has 1 aliphatic carbocycles. The molecule has 1 aliphatic rings. The van der Waals surface area contributed by atoms with Crippen LogP contribution in [0.15, 0.2) is 24.3 Å². The number of fused-ring (bicyclic) bond motifs is 4. The Hall–Kier alpha value is -2.30. The first-order chi connectivity index (χ1) is 9.31. The van der Waals surface area contributed by atoms with Crippen LogP contribution in [-0.2, 0) is 12.8 Å². The number of hydrogen-bond acceptors (Lipinski definition) is 4. The van der Waals surface area contributed by atoms with Gasteiger partial charge in [0.15, 0.2) is 5.65 Å². The van der Waals surface area contributed by atoms with E-state index in [1.807, 2.05) is 0 Å². The van der Waals surface area contributed by atoms with Crippen molar-refractivity contribution in [2.45, 2.75) is 26.2 Å². The van der Waals surface area contributed by atoms with E-state index >= 15 is 0 Å². The van der Waals surface area contributed by atoms with E-state index in [2.05, 4.69) is 51.8 Å². The van der Waals surface area contributed by atoms with E-state index in [0.717, 1.165) is 30.6 Å². The summed E-state index contributed by atoms with van der Waals surface area (Å²) in [5.41, 5.74) is 6.83. The van der Waals surface area contributed by atoms with Gasteiger partial charge in [0, 0.05) is 5.56 Å². The van der Waals surface area contributed by atoms with Crippen LogP contribution in [0.5, 0.6) is 0 Å². The smallest absolute Gasteiger partial charge is 0.147 e. The first kappa shape index (κ1) is 10.6. The normalized spacial score (nSPS) is 13.9. The van der Waals surface area contributed by atoms with Crippen molar-refractivity contribution in [2.75, 3.05) is 0 Å². The van der Waals surface area contributed by atoms with E-state index in [1.165, 1.54) is 26.9 Å². The average Bonchev–Trinajstić information content (AvgIpc) is 2.79. The molecule has 0 spiro atoms. The van der Waals surface area contributed by atoms with Crippen LogP contribution in [0.25, 0.3) is 16.9 Å². The van der Waals surface area contributed by atoms with Crippen LogP contribution in [0.1, 0.15) is 23.1 Å².